The van der Waals surface area contributed by atoms with Crippen molar-refractivity contribution in [2.75, 3.05) is 0 Å². The van der Waals surface area contributed by atoms with Crippen LogP contribution in [0.15, 0.2) is 383 Å². The summed E-state index contributed by atoms with van der Waals surface area (Å²) in [7, 11) is 0. The molecule has 0 bridgehead atoms. The molecule has 0 atom stereocenters. The van der Waals surface area contributed by atoms with Gasteiger partial charge < -0.3 is 0 Å². The zero-order valence-corrected chi connectivity index (χ0v) is 72.2. The van der Waals surface area contributed by atoms with Crippen LogP contribution in [0, 0.1) is 0 Å². The molecule has 24 aromatic rings. The summed E-state index contributed by atoms with van der Waals surface area (Å²) < 4.78 is 6.91. The van der Waals surface area contributed by atoms with Crippen LogP contribution in [0.1, 0.15) is 74.9 Å². The maximum absolute atomic E-state index is 5.36. The molecule has 15 aromatic carbocycles. The first kappa shape index (κ1) is 75.9. The number of hydrogen-bond acceptors (Lipinski definition) is 10. The maximum Gasteiger partial charge on any atom is 0.238 e. The summed E-state index contributed by atoms with van der Waals surface area (Å²) in [6, 6.07) is 121. The van der Waals surface area contributed by atoms with E-state index < -0.39 is 0 Å². The van der Waals surface area contributed by atoms with Gasteiger partial charge in [0.2, 0.25) is 17.8 Å². The summed E-state index contributed by atoms with van der Waals surface area (Å²) in [4.78, 5) is 50.3. The van der Waals surface area contributed by atoms with E-state index >= 15 is 0 Å². The molecule has 0 saturated carbocycles. The summed E-state index contributed by atoms with van der Waals surface area (Å²) in [5.74, 6) is 3.24. The number of aromatic nitrogens is 13. The number of para-hydroxylation sites is 4. The first-order valence-electron chi connectivity index (χ1n) is 44.3. The summed E-state index contributed by atoms with van der Waals surface area (Å²) in [5, 5.41) is 15.8. The van der Waals surface area contributed by atoms with Gasteiger partial charge in [-0.25, -0.2) is 24.9 Å². The van der Waals surface area contributed by atoms with Crippen molar-refractivity contribution in [2.45, 2.75) is 57.8 Å². The average molecular weight is 1670 g/mol. The Morgan fingerprint density at radius 2 is 0.515 bits per heavy atom. The SMILES string of the molecule is CC1(C)c2cnccc2-c2c1c1c(c3ccccc23)c2ccccc2n1-c1nc(-c2ccccc2)c2ccccc2n1.CC1(C)c2cnccc2-c2c1c1c(c3ccccc23)c2ccccc2n1-c1nc(-c2ccccc2)cc(-c2ccccc2)n1.CC1(C)c2cnccc2-c2c1c1c(c3ccccc23)c2ccccc2n1-c1nc(-c2ccccc2)nc(-c2ccccc2)n1. The fourth-order valence-corrected chi connectivity index (χ4v) is 21.7. The van der Waals surface area contributed by atoms with Gasteiger partial charge in [-0.15, -0.1) is 0 Å². The third-order valence-corrected chi connectivity index (χ3v) is 27.4. The minimum Gasteiger partial charge on any atom is -0.278 e. The third kappa shape index (κ3) is 11.4. The van der Waals surface area contributed by atoms with Gasteiger partial charge >= 0.3 is 0 Å². The highest BCUT2D eigenvalue weighted by Crippen LogP contribution is 2.60. The van der Waals surface area contributed by atoms with Crippen molar-refractivity contribution < 1.29 is 0 Å². The Bertz CT molecular complexity index is 8360. The quantitative estimate of drug-likeness (QED) is 0.144. The van der Waals surface area contributed by atoms with Gasteiger partial charge in [-0.1, -0.05) is 339 Å². The third-order valence-electron chi connectivity index (χ3n) is 27.4. The van der Waals surface area contributed by atoms with E-state index in [1.165, 1.54) is 137 Å². The molecule has 614 valence electrons. The molecule has 0 N–H and O–H groups in total. The molecule has 3 aliphatic carbocycles. The topological polar surface area (TPSA) is 144 Å². The Morgan fingerprint density at radius 3 is 0.877 bits per heavy atom. The van der Waals surface area contributed by atoms with Gasteiger partial charge in [-0.05, 0) is 148 Å². The van der Waals surface area contributed by atoms with Gasteiger partial charge in [0.1, 0.15) is 0 Å². The average Bonchev–Trinajstić information content (AvgIpc) is 1.53. The molecule has 130 heavy (non-hydrogen) atoms. The van der Waals surface area contributed by atoms with Crippen molar-refractivity contribution in [2.24, 2.45) is 0 Å². The van der Waals surface area contributed by atoms with Crippen LogP contribution in [0.25, 0.3) is 216 Å². The van der Waals surface area contributed by atoms with Gasteiger partial charge in [0.15, 0.2) is 11.6 Å². The van der Waals surface area contributed by atoms with E-state index in [9.17, 15) is 0 Å². The van der Waals surface area contributed by atoms with E-state index in [0.29, 0.717) is 29.5 Å². The van der Waals surface area contributed by atoms with Crippen LogP contribution in [0.2, 0.25) is 0 Å². The summed E-state index contributed by atoms with van der Waals surface area (Å²) in [5.41, 5.74) is 29.8. The number of hydrogen-bond donors (Lipinski definition) is 0. The smallest absolute Gasteiger partial charge is 0.238 e. The first-order valence-corrected chi connectivity index (χ1v) is 44.3. The zero-order valence-electron chi connectivity index (χ0n) is 72.2. The van der Waals surface area contributed by atoms with Crippen molar-refractivity contribution in [3.05, 3.63) is 416 Å². The van der Waals surface area contributed by atoms with Crippen LogP contribution in [0.5, 0.6) is 0 Å². The molecule has 3 aliphatic rings. The van der Waals surface area contributed by atoms with Crippen molar-refractivity contribution in [1.29, 1.82) is 0 Å². The van der Waals surface area contributed by atoms with Gasteiger partial charge in [0.05, 0.1) is 55.7 Å². The van der Waals surface area contributed by atoms with Gasteiger partial charge in [-0.3, -0.25) is 28.7 Å². The van der Waals surface area contributed by atoms with Crippen molar-refractivity contribution in [3.63, 3.8) is 0 Å². The van der Waals surface area contributed by atoms with Gasteiger partial charge in [0, 0.05) is 119 Å². The lowest BCUT2D eigenvalue weighted by molar-refractivity contribution is 0.660. The highest BCUT2D eigenvalue weighted by atomic mass is 15.2. The van der Waals surface area contributed by atoms with E-state index in [-0.39, 0.29) is 16.2 Å². The highest BCUT2D eigenvalue weighted by molar-refractivity contribution is 6.30. The van der Waals surface area contributed by atoms with E-state index in [4.69, 9.17) is 34.9 Å². The van der Waals surface area contributed by atoms with Crippen LogP contribution in [0.4, 0.5) is 0 Å². The van der Waals surface area contributed by atoms with Crippen LogP contribution in [-0.2, 0) is 16.2 Å². The molecule has 27 rings (SSSR count). The molecule has 0 aliphatic heterocycles. The lowest BCUT2D eigenvalue weighted by Crippen LogP contribution is -2.17. The summed E-state index contributed by atoms with van der Waals surface area (Å²) >= 11 is 0. The molecule has 0 spiro atoms. The minimum atomic E-state index is -0.301. The second-order valence-electron chi connectivity index (χ2n) is 35.7. The van der Waals surface area contributed by atoms with Crippen LogP contribution < -0.4 is 0 Å². The number of fused-ring (bicyclic) bond motifs is 31. The number of rotatable bonds is 8. The van der Waals surface area contributed by atoms with E-state index in [1.54, 1.807) is 0 Å². The Morgan fingerprint density at radius 1 is 0.231 bits per heavy atom. The van der Waals surface area contributed by atoms with Gasteiger partial charge in [-0.2, -0.15) is 9.97 Å². The molecular weight excluding hydrogens is 1590 g/mol. The van der Waals surface area contributed by atoms with Gasteiger partial charge in [0.25, 0.3) is 0 Å². The predicted molar refractivity (Wildman–Crippen MR) is 530 cm³/mol. The molecule has 13 heteroatoms. The molecule has 0 fully saturated rings. The largest absolute Gasteiger partial charge is 0.278 e. The highest BCUT2D eigenvalue weighted by Gasteiger charge is 2.45. The van der Waals surface area contributed by atoms with E-state index in [2.05, 4.69) is 361 Å². The fourth-order valence-electron chi connectivity index (χ4n) is 21.7. The Hall–Kier alpha value is -16.6. The molecule has 9 aromatic heterocycles. The van der Waals surface area contributed by atoms with Crippen LogP contribution in [-0.4, -0.2) is 63.5 Å². The summed E-state index contributed by atoms with van der Waals surface area (Å²) in [6.45, 7) is 13.9. The van der Waals surface area contributed by atoms with Crippen molar-refractivity contribution in [3.8, 4) is 108 Å². The molecule has 13 nitrogen and oxygen atoms in total. The first-order chi connectivity index (χ1) is 63.8. The minimum absolute atomic E-state index is 0.271. The number of pyridine rings is 3. The zero-order chi connectivity index (χ0) is 86.8. The predicted octanol–water partition coefficient (Wildman–Crippen LogP) is 28.2. The molecule has 0 radical (unpaired) electrons. The van der Waals surface area contributed by atoms with E-state index in [1.807, 2.05) is 91.8 Å². The maximum atomic E-state index is 5.36. The Labute approximate surface area is 749 Å². The molecule has 0 amide bonds. The second-order valence-corrected chi connectivity index (χ2v) is 35.7. The normalized spacial score (nSPS) is 13.5. The van der Waals surface area contributed by atoms with Crippen molar-refractivity contribution >= 4 is 109 Å². The standard InChI is InChI=1S/C40H28N4.C39H27N5.C38H26N4/c1-40(2)31-24-41-22-21-29(31)35-27-17-9-10-18-28(27)36-30-19-11-12-20-34(30)44(38(36)37(35)40)39-42-32(25-13-5-3-6-14-25)23-33(43-39)26-15-7-4-8-16-26;1-39(2)30-23-40-22-21-28(30)32-26-17-9-10-18-27(26)33-29-19-11-12-20-31(29)44(35(33)34(32)39)38-42-36(24-13-5-3-6-14-24)41-37(43-38)25-15-7-4-8-16-25;1-38(2)29-22-39-21-20-26(29)32-24-14-6-7-15-25(24)33-28-17-9-11-19-31(28)42(36(33)34(32)38)37-40-30-18-10-8-16-27(30)35(41-37)23-12-4-3-5-13-23/h3-24H,1-2H3;3-23H,1-2H3;3-22H,1-2H3. The lowest BCUT2D eigenvalue weighted by atomic mass is 9.81. The van der Waals surface area contributed by atoms with Crippen LogP contribution in [0.3, 0.4) is 0 Å². The number of nitrogens with zero attached hydrogens (tertiary/aromatic N) is 13. The molecule has 0 unspecified atom stereocenters. The molecule has 0 saturated heterocycles. The Kier molecular flexibility index (Phi) is 17.1. The number of benzene rings is 15. The summed E-state index contributed by atoms with van der Waals surface area (Å²) in [6.07, 6.45) is 11.9. The lowest BCUT2D eigenvalue weighted by Gasteiger charge is -2.24. The fraction of sp³-hybridized carbons (Fsp3) is 0.0769. The van der Waals surface area contributed by atoms with E-state index in [0.717, 1.165) is 83.4 Å². The molecular formula is C117H81N13. The van der Waals surface area contributed by atoms with Crippen molar-refractivity contribution in [1.82, 2.24) is 63.5 Å². The van der Waals surface area contributed by atoms with Crippen LogP contribution >= 0.6 is 0 Å². The molecule has 9 heterocycles. The Balaban J connectivity index is 0.000000105. The second kappa shape index (κ2) is 29.2. The monoisotopic (exact) mass is 1670 g/mol.